The van der Waals surface area contributed by atoms with Gasteiger partial charge in [0.05, 0.1) is 6.61 Å². The molecular formula is C6H7ClF2N2O2. The quantitative estimate of drug-likeness (QED) is 0.695. The Morgan fingerprint density at radius 2 is 2.31 bits per heavy atom. The molecule has 7 heteroatoms. The van der Waals surface area contributed by atoms with Gasteiger partial charge in [-0.05, 0) is 11.6 Å². The molecule has 13 heavy (non-hydrogen) atoms. The van der Waals surface area contributed by atoms with E-state index in [1.165, 1.54) is 0 Å². The minimum Gasteiger partial charge on any atom is -0.375 e. The number of nitrogens with zero attached hydrogens (tertiary/aromatic N) is 2. The van der Waals surface area contributed by atoms with Crippen molar-refractivity contribution in [2.24, 2.45) is 0 Å². The SMILES string of the molecule is FC(F)COCCc1noc(Cl)n1. The van der Waals surface area contributed by atoms with E-state index in [0.29, 0.717) is 12.2 Å². The van der Waals surface area contributed by atoms with E-state index in [1.54, 1.807) is 0 Å². The van der Waals surface area contributed by atoms with Gasteiger partial charge in [-0.2, -0.15) is 4.98 Å². The van der Waals surface area contributed by atoms with Gasteiger partial charge in [-0.1, -0.05) is 5.16 Å². The summed E-state index contributed by atoms with van der Waals surface area (Å²) in [4.78, 5) is 3.65. The number of rotatable bonds is 5. The summed E-state index contributed by atoms with van der Waals surface area (Å²) < 4.78 is 32.2. The minimum absolute atomic E-state index is 0.0659. The van der Waals surface area contributed by atoms with Gasteiger partial charge in [0.2, 0.25) is 0 Å². The van der Waals surface area contributed by atoms with Gasteiger partial charge in [-0.3, -0.25) is 0 Å². The molecule has 0 spiro atoms. The number of aromatic nitrogens is 2. The monoisotopic (exact) mass is 212 g/mol. The third-order valence-corrected chi connectivity index (χ3v) is 1.31. The van der Waals surface area contributed by atoms with Gasteiger partial charge in [0.25, 0.3) is 6.43 Å². The first-order chi connectivity index (χ1) is 6.18. The predicted octanol–water partition coefficient (Wildman–Crippen LogP) is 1.55. The highest BCUT2D eigenvalue weighted by Gasteiger charge is 2.05. The van der Waals surface area contributed by atoms with Crippen LogP contribution in [-0.2, 0) is 11.2 Å². The smallest absolute Gasteiger partial charge is 0.320 e. The number of ether oxygens (including phenoxy) is 1. The molecule has 0 saturated carbocycles. The van der Waals surface area contributed by atoms with Crippen molar-refractivity contribution in [2.75, 3.05) is 13.2 Å². The van der Waals surface area contributed by atoms with Gasteiger partial charge in [-0.25, -0.2) is 8.78 Å². The summed E-state index contributed by atoms with van der Waals surface area (Å²) in [5, 5.41) is 3.38. The molecule has 0 atom stereocenters. The summed E-state index contributed by atoms with van der Waals surface area (Å²) >= 11 is 5.32. The van der Waals surface area contributed by atoms with Crippen LogP contribution in [0.2, 0.25) is 5.35 Å². The molecule has 0 bridgehead atoms. The Bertz CT molecular complexity index is 257. The molecule has 0 aliphatic carbocycles. The molecule has 1 aromatic rings. The number of alkyl halides is 2. The molecule has 0 unspecified atom stereocenters. The fourth-order valence-electron chi connectivity index (χ4n) is 0.670. The molecule has 74 valence electrons. The third kappa shape index (κ3) is 4.14. The molecule has 0 amide bonds. The van der Waals surface area contributed by atoms with Crippen LogP contribution in [0.15, 0.2) is 4.52 Å². The Hall–Kier alpha value is -0.750. The van der Waals surface area contributed by atoms with Crippen molar-refractivity contribution >= 4 is 11.6 Å². The molecule has 0 saturated heterocycles. The highest BCUT2D eigenvalue weighted by molar-refractivity contribution is 6.27. The maximum atomic E-state index is 11.6. The minimum atomic E-state index is -2.45. The number of hydrogen-bond acceptors (Lipinski definition) is 4. The van der Waals surface area contributed by atoms with E-state index in [-0.39, 0.29) is 12.0 Å². The van der Waals surface area contributed by atoms with E-state index in [1.807, 2.05) is 0 Å². The zero-order chi connectivity index (χ0) is 9.68. The zero-order valence-electron chi connectivity index (χ0n) is 6.54. The lowest BCUT2D eigenvalue weighted by molar-refractivity contribution is 0.0182. The maximum absolute atomic E-state index is 11.6. The van der Waals surface area contributed by atoms with E-state index in [9.17, 15) is 8.78 Å². The molecule has 0 radical (unpaired) electrons. The lowest BCUT2D eigenvalue weighted by Crippen LogP contribution is -2.07. The van der Waals surface area contributed by atoms with Crippen LogP contribution < -0.4 is 0 Å². The number of hydrogen-bond donors (Lipinski definition) is 0. The molecular weight excluding hydrogens is 206 g/mol. The van der Waals surface area contributed by atoms with Gasteiger partial charge in [0, 0.05) is 6.42 Å². The largest absolute Gasteiger partial charge is 0.375 e. The molecule has 0 aliphatic heterocycles. The fourth-order valence-corrected chi connectivity index (χ4v) is 0.802. The Morgan fingerprint density at radius 1 is 1.54 bits per heavy atom. The van der Waals surface area contributed by atoms with Crippen LogP contribution in [0, 0.1) is 0 Å². The highest BCUT2D eigenvalue weighted by atomic mass is 35.5. The van der Waals surface area contributed by atoms with Crippen LogP contribution in [-0.4, -0.2) is 29.8 Å². The average Bonchev–Trinajstić information content (AvgIpc) is 2.45. The van der Waals surface area contributed by atoms with Gasteiger partial charge in [-0.15, -0.1) is 0 Å². The van der Waals surface area contributed by atoms with Crippen LogP contribution in [0.1, 0.15) is 5.82 Å². The summed E-state index contributed by atoms with van der Waals surface area (Å²) in [6.45, 7) is -0.453. The molecule has 0 N–H and O–H groups in total. The Labute approximate surface area is 77.8 Å². The van der Waals surface area contributed by atoms with E-state index in [4.69, 9.17) is 11.6 Å². The van der Waals surface area contributed by atoms with Crippen molar-refractivity contribution in [2.45, 2.75) is 12.8 Å². The first kappa shape index (κ1) is 10.3. The van der Waals surface area contributed by atoms with Crippen molar-refractivity contribution in [3.05, 3.63) is 11.2 Å². The summed E-state index contributed by atoms with van der Waals surface area (Å²) in [6, 6.07) is 0. The topological polar surface area (TPSA) is 48.2 Å². The van der Waals surface area contributed by atoms with Gasteiger partial charge in [0.1, 0.15) is 6.61 Å². The molecule has 4 nitrogen and oxygen atoms in total. The van der Waals surface area contributed by atoms with E-state index >= 15 is 0 Å². The van der Waals surface area contributed by atoms with Crippen LogP contribution in [0.5, 0.6) is 0 Å². The standard InChI is InChI=1S/C6H7ClF2N2O2/c7-6-10-5(11-13-6)1-2-12-3-4(8)9/h4H,1-3H2. The molecule has 1 rings (SSSR count). The fraction of sp³-hybridized carbons (Fsp3) is 0.667. The van der Waals surface area contributed by atoms with E-state index in [0.717, 1.165) is 0 Å². The van der Waals surface area contributed by atoms with Crippen molar-refractivity contribution in [1.29, 1.82) is 0 Å². The van der Waals surface area contributed by atoms with E-state index < -0.39 is 13.0 Å². The second kappa shape index (κ2) is 5.08. The third-order valence-electron chi connectivity index (χ3n) is 1.16. The van der Waals surface area contributed by atoms with E-state index in [2.05, 4.69) is 19.4 Å². The summed E-state index contributed by atoms with van der Waals surface area (Å²) in [6.07, 6.45) is -2.14. The Morgan fingerprint density at radius 3 is 2.85 bits per heavy atom. The molecule has 1 aromatic heterocycles. The molecule has 0 aliphatic rings. The van der Waals surface area contributed by atoms with Crippen molar-refractivity contribution in [1.82, 2.24) is 10.1 Å². The maximum Gasteiger partial charge on any atom is 0.320 e. The first-order valence-electron chi connectivity index (χ1n) is 3.52. The Kier molecular flexibility index (Phi) is 4.04. The second-order valence-corrected chi connectivity index (χ2v) is 2.50. The normalized spacial score (nSPS) is 11.1. The molecule has 0 fully saturated rings. The van der Waals surface area contributed by atoms with Gasteiger partial charge in [0.15, 0.2) is 5.82 Å². The summed E-state index contributed by atoms with van der Waals surface area (Å²) in [5.41, 5.74) is 0. The van der Waals surface area contributed by atoms with Crippen molar-refractivity contribution in [3.8, 4) is 0 Å². The van der Waals surface area contributed by atoms with Crippen LogP contribution >= 0.6 is 11.6 Å². The predicted molar refractivity (Wildman–Crippen MR) is 39.8 cm³/mol. The lowest BCUT2D eigenvalue weighted by atomic mass is 10.4. The van der Waals surface area contributed by atoms with Crippen LogP contribution in [0.3, 0.4) is 0 Å². The average molecular weight is 213 g/mol. The van der Waals surface area contributed by atoms with Gasteiger partial charge >= 0.3 is 5.35 Å². The molecule has 0 aromatic carbocycles. The summed E-state index contributed by atoms with van der Waals surface area (Å²) in [5.74, 6) is 0.347. The highest BCUT2D eigenvalue weighted by Crippen LogP contribution is 2.03. The lowest BCUT2D eigenvalue weighted by Gasteiger charge is -1.99. The second-order valence-electron chi connectivity index (χ2n) is 2.18. The van der Waals surface area contributed by atoms with Crippen molar-refractivity contribution in [3.63, 3.8) is 0 Å². The van der Waals surface area contributed by atoms with Crippen molar-refractivity contribution < 1.29 is 18.0 Å². The van der Waals surface area contributed by atoms with Crippen LogP contribution in [0.4, 0.5) is 8.78 Å². The number of halogens is 3. The zero-order valence-corrected chi connectivity index (χ0v) is 7.30. The van der Waals surface area contributed by atoms with Gasteiger partial charge < -0.3 is 9.26 Å². The summed E-state index contributed by atoms with van der Waals surface area (Å²) in [7, 11) is 0. The first-order valence-corrected chi connectivity index (χ1v) is 3.90. The molecule has 1 heterocycles. The van der Waals surface area contributed by atoms with Crippen LogP contribution in [0.25, 0.3) is 0 Å². The Balaban J connectivity index is 2.13.